The summed E-state index contributed by atoms with van der Waals surface area (Å²) in [5.74, 6) is 0.163. The molecule has 0 radical (unpaired) electrons. The number of aryl methyl sites for hydroxylation is 2. The molecule has 0 aliphatic carbocycles. The number of pyridine rings is 1. The van der Waals surface area contributed by atoms with Crippen LogP contribution in [0.15, 0.2) is 34.8 Å². The third-order valence-corrected chi connectivity index (χ3v) is 3.55. The zero-order chi connectivity index (χ0) is 14.7. The minimum absolute atomic E-state index is 0.196. The van der Waals surface area contributed by atoms with Gasteiger partial charge in [-0.25, -0.2) is 4.98 Å². The number of nitrogens with two attached hydrogens (primary N) is 1. The summed E-state index contributed by atoms with van der Waals surface area (Å²) < 4.78 is 0.851. The second-order valence-electron chi connectivity index (χ2n) is 4.56. The zero-order valence-electron chi connectivity index (χ0n) is 11.4. The van der Waals surface area contributed by atoms with Gasteiger partial charge in [-0.2, -0.15) is 0 Å². The van der Waals surface area contributed by atoms with Crippen molar-refractivity contribution in [1.82, 2.24) is 4.98 Å². The monoisotopic (exact) mass is 333 g/mol. The number of nitrogens with one attached hydrogen (secondary N) is 1. The van der Waals surface area contributed by atoms with Crippen molar-refractivity contribution in [3.8, 4) is 0 Å². The van der Waals surface area contributed by atoms with Gasteiger partial charge in [-0.3, -0.25) is 4.79 Å². The van der Waals surface area contributed by atoms with Gasteiger partial charge in [-0.15, -0.1) is 0 Å². The Hall–Kier alpha value is -1.88. The van der Waals surface area contributed by atoms with Crippen LogP contribution in [0.25, 0.3) is 0 Å². The molecule has 2 rings (SSSR count). The number of benzene rings is 1. The van der Waals surface area contributed by atoms with Crippen LogP contribution in [0.5, 0.6) is 0 Å². The highest BCUT2D eigenvalue weighted by atomic mass is 79.9. The number of nitrogens with zero attached hydrogens (tertiary/aromatic N) is 1. The summed E-state index contributed by atoms with van der Waals surface area (Å²) in [5, 5.41) is 2.86. The fourth-order valence-electron chi connectivity index (χ4n) is 1.84. The molecule has 3 N–H and O–H groups in total. The highest BCUT2D eigenvalue weighted by Gasteiger charge is 2.10. The Balaban J connectivity index is 2.26. The van der Waals surface area contributed by atoms with Crippen LogP contribution in [0.3, 0.4) is 0 Å². The number of hydrogen-bond donors (Lipinski definition) is 2. The zero-order valence-corrected chi connectivity index (χ0v) is 13.0. The molecule has 0 aliphatic rings. The van der Waals surface area contributed by atoms with Crippen LogP contribution in [-0.4, -0.2) is 10.9 Å². The predicted octanol–water partition coefficient (Wildman–Crippen LogP) is 3.55. The van der Waals surface area contributed by atoms with Crippen molar-refractivity contribution in [2.24, 2.45) is 0 Å². The molecule has 0 aliphatic heterocycles. The molecule has 0 fully saturated rings. The van der Waals surface area contributed by atoms with E-state index in [9.17, 15) is 4.79 Å². The molecule has 0 saturated carbocycles. The number of amides is 1. The molecule has 104 valence electrons. The maximum absolute atomic E-state index is 12.3. The summed E-state index contributed by atoms with van der Waals surface area (Å²) in [7, 11) is 0. The fraction of sp³-hybridized carbons (Fsp3) is 0.200. The number of nitrogen functional groups attached to an aromatic ring is 1. The van der Waals surface area contributed by atoms with E-state index in [1.165, 1.54) is 0 Å². The third-order valence-electron chi connectivity index (χ3n) is 2.90. The van der Waals surface area contributed by atoms with Gasteiger partial charge in [-0.05, 0) is 59.1 Å². The van der Waals surface area contributed by atoms with Gasteiger partial charge >= 0.3 is 0 Å². The van der Waals surface area contributed by atoms with Crippen LogP contribution in [0, 0.1) is 6.92 Å². The second-order valence-corrected chi connectivity index (χ2v) is 5.42. The number of rotatable bonds is 3. The lowest BCUT2D eigenvalue weighted by Gasteiger charge is -2.09. The quantitative estimate of drug-likeness (QED) is 0.902. The molecule has 1 aromatic carbocycles. The average Bonchev–Trinajstić information content (AvgIpc) is 2.41. The van der Waals surface area contributed by atoms with Crippen molar-refractivity contribution in [3.05, 3.63) is 51.6 Å². The molecule has 4 nitrogen and oxygen atoms in total. The smallest absolute Gasteiger partial charge is 0.255 e. The van der Waals surface area contributed by atoms with E-state index < -0.39 is 0 Å². The number of hydrogen-bond acceptors (Lipinski definition) is 3. The molecule has 5 heteroatoms. The number of aromatic nitrogens is 1. The van der Waals surface area contributed by atoms with E-state index in [1.54, 1.807) is 12.1 Å². The van der Waals surface area contributed by atoms with E-state index in [0.717, 1.165) is 27.8 Å². The third kappa shape index (κ3) is 3.36. The van der Waals surface area contributed by atoms with E-state index in [0.29, 0.717) is 11.4 Å². The first-order chi connectivity index (χ1) is 9.49. The number of carbonyl (C=O) groups excluding carboxylic acids is 1. The number of anilines is 2. The Bertz CT molecular complexity index is 656. The highest BCUT2D eigenvalue weighted by molar-refractivity contribution is 9.10. The molecule has 0 saturated heterocycles. The molecule has 1 aromatic heterocycles. The molecule has 0 spiro atoms. The van der Waals surface area contributed by atoms with E-state index in [-0.39, 0.29) is 5.91 Å². The molecule has 0 unspecified atom stereocenters. The van der Waals surface area contributed by atoms with Crippen LogP contribution in [-0.2, 0) is 6.42 Å². The van der Waals surface area contributed by atoms with E-state index in [1.807, 2.05) is 32.0 Å². The van der Waals surface area contributed by atoms with Crippen molar-refractivity contribution < 1.29 is 4.79 Å². The minimum Gasteiger partial charge on any atom is -0.384 e. The van der Waals surface area contributed by atoms with Gasteiger partial charge in [-0.1, -0.05) is 13.0 Å². The van der Waals surface area contributed by atoms with Gasteiger partial charge in [0, 0.05) is 15.7 Å². The van der Waals surface area contributed by atoms with Crippen LogP contribution in [0.1, 0.15) is 28.5 Å². The first-order valence-electron chi connectivity index (χ1n) is 6.33. The summed E-state index contributed by atoms with van der Waals surface area (Å²) >= 11 is 3.44. The van der Waals surface area contributed by atoms with Crippen LogP contribution in [0.4, 0.5) is 11.5 Å². The van der Waals surface area contributed by atoms with Crippen LogP contribution in [0.2, 0.25) is 0 Å². The van der Waals surface area contributed by atoms with E-state index >= 15 is 0 Å². The molecule has 0 bridgehead atoms. The highest BCUT2D eigenvalue weighted by Crippen LogP contribution is 2.24. The number of halogens is 1. The molecule has 20 heavy (non-hydrogen) atoms. The standard InChI is InChI=1S/C15H16BrN3O/c1-3-11-7-10(8-14(17)18-11)15(20)19-13-5-4-9(2)6-12(13)16/h4-8H,3H2,1-2H3,(H2,17,18)(H,19,20). The van der Waals surface area contributed by atoms with Crippen LogP contribution < -0.4 is 11.1 Å². The van der Waals surface area contributed by atoms with Gasteiger partial charge in [0.25, 0.3) is 5.91 Å². The lowest BCUT2D eigenvalue weighted by Crippen LogP contribution is -2.13. The summed E-state index contributed by atoms with van der Waals surface area (Å²) in [6.07, 6.45) is 0.736. The first-order valence-corrected chi connectivity index (χ1v) is 7.13. The summed E-state index contributed by atoms with van der Waals surface area (Å²) in [6, 6.07) is 9.10. The molecule has 2 aromatic rings. The molecule has 1 amide bonds. The first kappa shape index (κ1) is 14.5. The maximum Gasteiger partial charge on any atom is 0.255 e. The fourth-order valence-corrected chi connectivity index (χ4v) is 2.43. The average molecular weight is 334 g/mol. The van der Waals surface area contributed by atoms with E-state index in [2.05, 4.69) is 26.2 Å². The van der Waals surface area contributed by atoms with Crippen molar-refractivity contribution >= 4 is 33.3 Å². The Morgan fingerprint density at radius 3 is 2.75 bits per heavy atom. The van der Waals surface area contributed by atoms with Crippen molar-refractivity contribution in [2.75, 3.05) is 11.1 Å². The Morgan fingerprint density at radius 2 is 2.10 bits per heavy atom. The Labute approximate surface area is 126 Å². The molecular weight excluding hydrogens is 318 g/mol. The van der Waals surface area contributed by atoms with Gasteiger partial charge in [0.1, 0.15) is 5.82 Å². The SMILES string of the molecule is CCc1cc(C(=O)Nc2ccc(C)cc2Br)cc(N)n1. The maximum atomic E-state index is 12.3. The van der Waals surface area contributed by atoms with Gasteiger partial charge in [0.05, 0.1) is 5.69 Å². The molecular formula is C15H16BrN3O. The Morgan fingerprint density at radius 1 is 1.35 bits per heavy atom. The second kappa shape index (κ2) is 6.05. The molecule has 1 heterocycles. The van der Waals surface area contributed by atoms with Gasteiger partial charge in [0.15, 0.2) is 0 Å². The van der Waals surface area contributed by atoms with Crippen LogP contribution >= 0.6 is 15.9 Å². The minimum atomic E-state index is -0.196. The van der Waals surface area contributed by atoms with Gasteiger partial charge in [0.2, 0.25) is 0 Å². The van der Waals surface area contributed by atoms with Crippen molar-refractivity contribution in [2.45, 2.75) is 20.3 Å². The lowest BCUT2D eigenvalue weighted by atomic mass is 10.1. The van der Waals surface area contributed by atoms with Crippen molar-refractivity contribution in [3.63, 3.8) is 0 Å². The van der Waals surface area contributed by atoms with Gasteiger partial charge < -0.3 is 11.1 Å². The molecule has 0 atom stereocenters. The predicted molar refractivity (Wildman–Crippen MR) is 84.9 cm³/mol. The Kier molecular flexibility index (Phi) is 4.39. The number of carbonyl (C=O) groups is 1. The largest absolute Gasteiger partial charge is 0.384 e. The topological polar surface area (TPSA) is 68.0 Å². The normalized spacial score (nSPS) is 10.3. The summed E-state index contributed by atoms with van der Waals surface area (Å²) in [4.78, 5) is 16.4. The van der Waals surface area contributed by atoms with Crippen molar-refractivity contribution in [1.29, 1.82) is 0 Å². The summed E-state index contributed by atoms with van der Waals surface area (Å²) in [5.41, 5.74) is 8.89. The van der Waals surface area contributed by atoms with E-state index in [4.69, 9.17) is 5.73 Å². The lowest BCUT2D eigenvalue weighted by molar-refractivity contribution is 0.102. The summed E-state index contributed by atoms with van der Waals surface area (Å²) in [6.45, 7) is 3.97.